The van der Waals surface area contributed by atoms with E-state index in [0.717, 1.165) is 12.4 Å². The van der Waals surface area contributed by atoms with Crippen LogP contribution in [0.4, 0.5) is 5.82 Å². The van der Waals surface area contributed by atoms with Crippen LogP contribution in [-0.4, -0.2) is 26.4 Å². The Morgan fingerprint density at radius 3 is 3.06 bits per heavy atom. The number of fused-ring (bicyclic) bond motifs is 1. The zero-order valence-electron chi connectivity index (χ0n) is 10.4. The van der Waals surface area contributed by atoms with Gasteiger partial charge in [0.1, 0.15) is 5.82 Å². The van der Waals surface area contributed by atoms with Crippen molar-refractivity contribution in [2.45, 2.75) is 32.6 Å². The van der Waals surface area contributed by atoms with Crippen molar-refractivity contribution >= 4 is 11.5 Å². The van der Waals surface area contributed by atoms with E-state index in [1.807, 2.05) is 6.07 Å². The second kappa shape index (κ2) is 4.12. The smallest absolute Gasteiger partial charge is 0.364 e. The molecule has 1 aliphatic carbocycles. The third-order valence-corrected chi connectivity index (χ3v) is 3.66. The number of nitrogens with zero attached hydrogens (tertiary/aromatic N) is 3. The molecule has 96 valence electrons. The molecule has 3 rings (SSSR count). The lowest BCUT2D eigenvalue weighted by Crippen LogP contribution is -2.18. The average molecular weight is 247 g/mol. The summed E-state index contributed by atoms with van der Waals surface area (Å²) in [4.78, 5) is 11.4. The molecule has 0 atom stereocenters. The van der Waals surface area contributed by atoms with Gasteiger partial charge >= 0.3 is 5.69 Å². The van der Waals surface area contributed by atoms with Crippen LogP contribution in [0.2, 0.25) is 0 Å². The van der Waals surface area contributed by atoms with Crippen molar-refractivity contribution in [3.63, 3.8) is 0 Å². The van der Waals surface area contributed by atoms with E-state index < -0.39 is 0 Å². The molecule has 6 heteroatoms. The summed E-state index contributed by atoms with van der Waals surface area (Å²) >= 11 is 0. The second-order valence-electron chi connectivity index (χ2n) is 5.12. The van der Waals surface area contributed by atoms with Crippen LogP contribution in [-0.2, 0) is 0 Å². The van der Waals surface area contributed by atoms with Gasteiger partial charge in [0.15, 0.2) is 5.65 Å². The first-order valence-corrected chi connectivity index (χ1v) is 6.41. The zero-order chi connectivity index (χ0) is 12.6. The van der Waals surface area contributed by atoms with Crippen molar-refractivity contribution in [2.75, 3.05) is 11.9 Å². The predicted molar refractivity (Wildman–Crippen MR) is 68.7 cm³/mol. The number of rotatable bonds is 5. The van der Waals surface area contributed by atoms with Crippen LogP contribution >= 0.6 is 0 Å². The van der Waals surface area contributed by atoms with Crippen molar-refractivity contribution in [1.82, 2.24) is 19.8 Å². The van der Waals surface area contributed by atoms with E-state index in [0.29, 0.717) is 11.1 Å². The van der Waals surface area contributed by atoms with Gasteiger partial charge in [-0.2, -0.15) is 9.61 Å². The Hall–Kier alpha value is -1.85. The topological polar surface area (TPSA) is 75.1 Å². The highest BCUT2D eigenvalue weighted by atomic mass is 16.2. The highest BCUT2D eigenvalue weighted by Crippen LogP contribution is 2.49. The monoisotopic (exact) mass is 247 g/mol. The quantitative estimate of drug-likeness (QED) is 0.837. The molecule has 2 aromatic rings. The summed E-state index contributed by atoms with van der Waals surface area (Å²) in [6.07, 6.45) is 5.06. The standard InChI is InChI=1S/C12H17N5O/c1-2-5-12(6-7-12)8-13-9-3-4-10-14-15-11(18)17(10)16-9/h3-4H,2,5-8H2,1H3,(H,13,16)(H,15,18). The summed E-state index contributed by atoms with van der Waals surface area (Å²) in [5.41, 5.74) is 0.704. The van der Waals surface area contributed by atoms with E-state index in [1.165, 1.54) is 30.2 Å². The molecule has 2 aromatic heterocycles. The van der Waals surface area contributed by atoms with Crippen LogP contribution in [0.15, 0.2) is 16.9 Å². The van der Waals surface area contributed by atoms with Crippen LogP contribution < -0.4 is 11.0 Å². The fraction of sp³-hybridized carbons (Fsp3) is 0.583. The molecule has 0 radical (unpaired) electrons. The van der Waals surface area contributed by atoms with Crippen LogP contribution in [0.25, 0.3) is 5.65 Å². The molecule has 6 nitrogen and oxygen atoms in total. The maximum Gasteiger partial charge on any atom is 0.364 e. The van der Waals surface area contributed by atoms with Crippen molar-refractivity contribution < 1.29 is 0 Å². The molecular formula is C12H17N5O. The van der Waals surface area contributed by atoms with E-state index >= 15 is 0 Å². The van der Waals surface area contributed by atoms with E-state index in [2.05, 4.69) is 27.5 Å². The normalized spacial score (nSPS) is 16.9. The predicted octanol–water partition coefficient (Wildman–Crippen LogP) is 1.41. The molecule has 2 N–H and O–H groups in total. The van der Waals surface area contributed by atoms with Gasteiger partial charge < -0.3 is 5.32 Å². The van der Waals surface area contributed by atoms with Crippen molar-refractivity contribution in [2.24, 2.45) is 5.41 Å². The molecule has 0 saturated heterocycles. The highest BCUT2D eigenvalue weighted by molar-refractivity contribution is 5.43. The first kappa shape index (κ1) is 11.3. The van der Waals surface area contributed by atoms with Crippen molar-refractivity contribution in [1.29, 1.82) is 0 Å². The first-order valence-electron chi connectivity index (χ1n) is 6.41. The lowest BCUT2D eigenvalue weighted by atomic mass is 10.0. The van der Waals surface area contributed by atoms with Crippen LogP contribution in [0.3, 0.4) is 0 Å². The largest absolute Gasteiger partial charge is 0.368 e. The first-order chi connectivity index (χ1) is 8.72. The third kappa shape index (κ3) is 1.98. The van der Waals surface area contributed by atoms with E-state index in [1.54, 1.807) is 6.07 Å². The van der Waals surface area contributed by atoms with Crippen molar-refractivity contribution in [3.8, 4) is 0 Å². The number of H-pyrrole nitrogens is 1. The van der Waals surface area contributed by atoms with Crippen LogP contribution in [0.5, 0.6) is 0 Å². The summed E-state index contributed by atoms with van der Waals surface area (Å²) in [6, 6.07) is 3.64. The fourth-order valence-electron chi connectivity index (χ4n) is 2.40. The Bertz CT molecular complexity index is 610. The van der Waals surface area contributed by atoms with Crippen LogP contribution in [0, 0.1) is 5.41 Å². The van der Waals surface area contributed by atoms with Gasteiger partial charge in [0.05, 0.1) is 0 Å². The summed E-state index contributed by atoms with van der Waals surface area (Å²) in [5.74, 6) is 0.730. The summed E-state index contributed by atoms with van der Waals surface area (Å²) < 4.78 is 1.28. The van der Waals surface area contributed by atoms with E-state index in [4.69, 9.17) is 0 Å². The molecule has 0 spiro atoms. The maximum absolute atomic E-state index is 11.4. The van der Waals surface area contributed by atoms with Gasteiger partial charge in [-0.3, -0.25) is 0 Å². The Labute approximate surface area is 104 Å². The molecule has 1 aliphatic rings. The Morgan fingerprint density at radius 2 is 2.33 bits per heavy atom. The molecule has 0 aliphatic heterocycles. The fourth-order valence-corrected chi connectivity index (χ4v) is 2.40. The third-order valence-electron chi connectivity index (χ3n) is 3.66. The molecule has 0 unspecified atom stereocenters. The lowest BCUT2D eigenvalue weighted by molar-refractivity contribution is 0.484. The number of aromatic amines is 1. The minimum Gasteiger partial charge on any atom is -0.368 e. The maximum atomic E-state index is 11.4. The SMILES string of the molecule is CCCC1(CNc2ccc3n[nH]c(=O)n3n2)CC1. The molecule has 2 heterocycles. The number of hydrogen-bond donors (Lipinski definition) is 2. The Kier molecular flexibility index (Phi) is 2.57. The second-order valence-corrected chi connectivity index (χ2v) is 5.12. The zero-order valence-corrected chi connectivity index (χ0v) is 10.4. The van der Waals surface area contributed by atoms with Gasteiger partial charge in [-0.15, -0.1) is 5.10 Å². The molecule has 0 amide bonds. The molecule has 0 bridgehead atoms. The molecule has 1 fully saturated rings. The molecule has 1 saturated carbocycles. The van der Waals surface area contributed by atoms with Crippen molar-refractivity contribution in [3.05, 3.63) is 22.6 Å². The summed E-state index contributed by atoms with van der Waals surface area (Å²) in [6.45, 7) is 3.15. The number of aromatic nitrogens is 4. The molecule has 0 aromatic carbocycles. The Morgan fingerprint density at radius 1 is 1.50 bits per heavy atom. The van der Waals surface area contributed by atoms with Gasteiger partial charge in [-0.25, -0.2) is 9.89 Å². The average Bonchev–Trinajstić information content (AvgIpc) is 3.05. The minimum absolute atomic E-state index is 0.302. The summed E-state index contributed by atoms with van der Waals surface area (Å²) in [5, 5.41) is 13.8. The molecular weight excluding hydrogens is 230 g/mol. The lowest BCUT2D eigenvalue weighted by Gasteiger charge is -2.14. The van der Waals surface area contributed by atoms with Gasteiger partial charge in [0.25, 0.3) is 0 Å². The van der Waals surface area contributed by atoms with Crippen LogP contribution in [0.1, 0.15) is 32.6 Å². The van der Waals surface area contributed by atoms with Gasteiger partial charge in [-0.1, -0.05) is 13.3 Å². The van der Waals surface area contributed by atoms with Gasteiger partial charge in [-0.05, 0) is 36.8 Å². The van der Waals surface area contributed by atoms with E-state index in [-0.39, 0.29) is 5.69 Å². The number of hydrogen-bond acceptors (Lipinski definition) is 4. The van der Waals surface area contributed by atoms with Gasteiger partial charge in [0, 0.05) is 6.54 Å². The molecule has 18 heavy (non-hydrogen) atoms. The Balaban J connectivity index is 1.75. The number of nitrogens with one attached hydrogen (secondary N) is 2. The minimum atomic E-state index is -0.302. The summed E-state index contributed by atoms with van der Waals surface area (Å²) in [7, 11) is 0. The highest BCUT2D eigenvalue weighted by Gasteiger charge is 2.41. The van der Waals surface area contributed by atoms with E-state index in [9.17, 15) is 4.79 Å². The van der Waals surface area contributed by atoms with Gasteiger partial charge in [0.2, 0.25) is 0 Å². The number of anilines is 1.